The van der Waals surface area contributed by atoms with E-state index in [4.69, 9.17) is 11.0 Å². The van der Waals surface area contributed by atoms with Crippen molar-refractivity contribution in [3.8, 4) is 11.8 Å². The zero-order chi connectivity index (χ0) is 15.6. The Morgan fingerprint density at radius 1 is 1.24 bits per heavy atom. The second-order valence-electron chi connectivity index (χ2n) is 4.13. The first-order chi connectivity index (χ1) is 9.83. The van der Waals surface area contributed by atoms with E-state index in [1.54, 1.807) is 6.07 Å². The number of phenols is 1. The van der Waals surface area contributed by atoms with Crippen LogP contribution in [0.2, 0.25) is 0 Å². The minimum Gasteiger partial charge on any atom is -0.506 e. The van der Waals surface area contributed by atoms with E-state index in [0.29, 0.717) is 0 Å². The average Bonchev–Trinajstić information content (AvgIpc) is 2.43. The summed E-state index contributed by atoms with van der Waals surface area (Å²) in [6.07, 6.45) is 0. The molecule has 0 aliphatic carbocycles. The van der Waals surface area contributed by atoms with Crippen molar-refractivity contribution in [3.63, 3.8) is 0 Å². The molecule has 0 aliphatic heterocycles. The highest BCUT2D eigenvalue weighted by Gasteiger charge is 2.16. The van der Waals surface area contributed by atoms with Gasteiger partial charge in [0.2, 0.25) is 0 Å². The number of phenolic OH excluding ortho intramolecular Hbond substituents is 1. The van der Waals surface area contributed by atoms with Gasteiger partial charge in [0.25, 0.3) is 10.0 Å². The maximum absolute atomic E-state index is 13.2. The van der Waals surface area contributed by atoms with Crippen LogP contribution in [0.5, 0.6) is 5.75 Å². The van der Waals surface area contributed by atoms with Crippen molar-refractivity contribution in [1.82, 2.24) is 0 Å². The van der Waals surface area contributed by atoms with Crippen LogP contribution in [0.1, 0.15) is 5.56 Å². The smallest absolute Gasteiger partial charge is 0.261 e. The molecule has 8 heteroatoms. The first kappa shape index (κ1) is 14.6. The molecule has 0 unspecified atom stereocenters. The number of benzene rings is 2. The summed E-state index contributed by atoms with van der Waals surface area (Å²) in [5.74, 6) is -0.975. The SMILES string of the molecule is N#Cc1cc(NS(=O)(=O)c2ccc(O)c(N)c2)ccc1F. The predicted octanol–water partition coefficient (Wildman–Crippen LogP) is 1.79. The minimum atomic E-state index is -3.96. The second kappa shape index (κ2) is 5.30. The molecule has 2 aromatic rings. The van der Waals surface area contributed by atoms with Gasteiger partial charge in [0, 0.05) is 0 Å². The molecule has 0 bridgehead atoms. The van der Waals surface area contributed by atoms with E-state index >= 15 is 0 Å². The normalized spacial score (nSPS) is 10.9. The van der Waals surface area contributed by atoms with Crippen molar-refractivity contribution in [2.45, 2.75) is 4.90 Å². The highest BCUT2D eigenvalue weighted by Crippen LogP contribution is 2.25. The van der Waals surface area contributed by atoms with Gasteiger partial charge in [0.05, 0.1) is 21.8 Å². The quantitative estimate of drug-likeness (QED) is 0.590. The van der Waals surface area contributed by atoms with E-state index < -0.39 is 15.8 Å². The molecule has 0 spiro atoms. The molecule has 2 aromatic carbocycles. The first-order valence-corrected chi connectivity index (χ1v) is 7.13. The summed E-state index contributed by atoms with van der Waals surface area (Å²) < 4.78 is 39.6. The lowest BCUT2D eigenvalue weighted by atomic mass is 10.2. The minimum absolute atomic E-state index is 0.0413. The molecule has 0 radical (unpaired) electrons. The fraction of sp³-hybridized carbons (Fsp3) is 0. The molecule has 0 aliphatic rings. The fourth-order valence-electron chi connectivity index (χ4n) is 1.59. The maximum atomic E-state index is 13.2. The highest BCUT2D eigenvalue weighted by atomic mass is 32.2. The molecule has 0 saturated heterocycles. The molecule has 4 N–H and O–H groups in total. The molecule has 2 rings (SSSR count). The Balaban J connectivity index is 2.37. The van der Waals surface area contributed by atoms with E-state index in [1.165, 1.54) is 12.1 Å². The van der Waals surface area contributed by atoms with Crippen molar-refractivity contribution < 1.29 is 17.9 Å². The predicted molar refractivity (Wildman–Crippen MR) is 74.4 cm³/mol. The van der Waals surface area contributed by atoms with Gasteiger partial charge in [0.15, 0.2) is 0 Å². The summed E-state index contributed by atoms with van der Waals surface area (Å²) in [6, 6.07) is 8.28. The molecule has 108 valence electrons. The number of nitrogens with one attached hydrogen (secondary N) is 1. The third-order valence-corrected chi connectivity index (χ3v) is 4.03. The summed E-state index contributed by atoms with van der Waals surface area (Å²) in [6.45, 7) is 0. The number of nitrogen functional groups attached to an aromatic ring is 1. The second-order valence-corrected chi connectivity index (χ2v) is 5.81. The average molecular weight is 307 g/mol. The Morgan fingerprint density at radius 3 is 2.57 bits per heavy atom. The van der Waals surface area contributed by atoms with Gasteiger partial charge in [-0.3, -0.25) is 4.72 Å². The Kier molecular flexibility index (Phi) is 3.69. The number of nitrogens with two attached hydrogens (primary N) is 1. The number of rotatable bonds is 3. The van der Waals surface area contributed by atoms with Crippen LogP contribution in [0.15, 0.2) is 41.3 Å². The van der Waals surface area contributed by atoms with Crippen LogP contribution in [0.4, 0.5) is 15.8 Å². The fourth-order valence-corrected chi connectivity index (χ4v) is 2.67. The molecule has 0 atom stereocenters. The van der Waals surface area contributed by atoms with Crippen LogP contribution >= 0.6 is 0 Å². The van der Waals surface area contributed by atoms with Gasteiger partial charge in [0.1, 0.15) is 17.6 Å². The van der Waals surface area contributed by atoms with Gasteiger partial charge in [-0.05, 0) is 36.4 Å². The zero-order valence-corrected chi connectivity index (χ0v) is 11.4. The van der Waals surface area contributed by atoms with Crippen LogP contribution in [0.25, 0.3) is 0 Å². The Labute approximate surface area is 120 Å². The molecule has 0 aromatic heterocycles. The zero-order valence-electron chi connectivity index (χ0n) is 10.5. The summed E-state index contributed by atoms with van der Waals surface area (Å²) >= 11 is 0. The molecule has 0 fully saturated rings. The van der Waals surface area contributed by atoms with Gasteiger partial charge < -0.3 is 10.8 Å². The molecule has 0 saturated carbocycles. The van der Waals surface area contributed by atoms with E-state index in [9.17, 15) is 17.9 Å². The number of halogens is 1. The van der Waals surface area contributed by atoms with E-state index in [-0.39, 0.29) is 27.6 Å². The molecule has 6 nitrogen and oxygen atoms in total. The van der Waals surface area contributed by atoms with E-state index in [0.717, 1.165) is 24.3 Å². The summed E-state index contributed by atoms with van der Waals surface area (Å²) in [5, 5.41) is 18.0. The number of nitriles is 1. The van der Waals surface area contributed by atoms with Crippen molar-refractivity contribution in [2.24, 2.45) is 0 Å². The monoisotopic (exact) mass is 307 g/mol. The molecule has 21 heavy (non-hydrogen) atoms. The topological polar surface area (TPSA) is 116 Å². The summed E-state index contributed by atoms with van der Waals surface area (Å²) in [5.41, 5.74) is 5.12. The van der Waals surface area contributed by atoms with Crippen molar-refractivity contribution in [3.05, 3.63) is 47.8 Å². The number of hydrogen-bond acceptors (Lipinski definition) is 5. The van der Waals surface area contributed by atoms with Crippen LogP contribution < -0.4 is 10.5 Å². The van der Waals surface area contributed by atoms with Crippen LogP contribution in [-0.2, 0) is 10.0 Å². The van der Waals surface area contributed by atoms with Gasteiger partial charge >= 0.3 is 0 Å². The number of anilines is 2. The first-order valence-electron chi connectivity index (χ1n) is 5.64. The van der Waals surface area contributed by atoms with Gasteiger partial charge in [-0.15, -0.1) is 0 Å². The van der Waals surface area contributed by atoms with Crippen LogP contribution in [-0.4, -0.2) is 13.5 Å². The lowest BCUT2D eigenvalue weighted by Crippen LogP contribution is -2.13. The lowest BCUT2D eigenvalue weighted by Gasteiger charge is -2.09. The van der Waals surface area contributed by atoms with Gasteiger partial charge in [-0.2, -0.15) is 5.26 Å². The molecule has 0 amide bonds. The Hall–Kier alpha value is -2.79. The van der Waals surface area contributed by atoms with E-state index in [2.05, 4.69) is 4.72 Å². The third-order valence-electron chi connectivity index (χ3n) is 2.65. The highest BCUT2D eigenvalue weighted by molar-refractivity contribution is 7.92. The van der Waals surface area contributed by atoms with Crippen molar-refractivity contribution >= 4 is 21.4 Å². The number of sulfonamides is 1. The Bertz CT molecular complexity index is 844. The summed E-state index contributed by atoms with van der Waals surface area (Å²) in [4.78, 5) is -0.166. The number of nitrogens with zero attached hydrogens (tertiary/aromatic N) is 1. The molecular formula is C13H10FN3O3S. The standard InChI is InChI=1S/C13H10FN3O3S/c14-11-3-1-9(5-8(11)7-15)17-21(19,20)10-2-4-13(18)12(16)6-10/h1-6,17-18H,16H2. The largest absolute Gasteiger partial charge is 0.506 e. The van der Waals surface area contributed by atoms with Crippen LogP contribution in [0, 0.1) is 17.1 Å². The van der Waals surface area contributed by atoms with Crippen molar-refractivity contribution in [2.75, 3.05) is 10.5 Å². The van der Waals surface area contributed by atoms with E-state index in [1.807, 2.05) is 0 Å². The van der Waals surface area contributed by atoms with Gasteiger partial charge in [-0.1, -0.05) is 0 Å². The molecule has 0 heterocycles. The third kappa shape index (κ3) is 3.04. The van der Waals surface area contributed by atoms with Crippen molar-refractivity contribution in [1.29, 1.82) is 5.26 Å². The lowest BCUT2D eigenvalue weighted by molar-refractivity contribution is 0.477. The maximum Gasteiger partial charge on any atom is 0.261 e. The Morgan fingerprint density at radius 2 is 1.95 bits per heavy atom. The van der Waals surface area contributed by atoms with Crippen LogP contribution in [0.3, 0.4) is 0 Å². The summed E-state index contributed by atoms with van der Waals surface area (Å²) in [7, 11) is -3.96. The molecular weight excluding hydrogens is 297 g/mol. The van der Waals surface area contributed by atoms with Gasteiger partial charge in [-0.25, -0.2) is 12.8 Å². The number of hydrogen-bond donors (Lipinski definition) is 3. The number of aromatic hydroxyl groups is 1.